The third-order valence-electron chi connectivity index (χ3n) is 7.38. The first kappa shape index (κ1) is 21.2. The Morgan fingerprint density at radius 3 is 2.62 bits per heavy atom. The molecule has 3 heterocycles. The maximum absolute atomic E-state index is 15.6. The Kier molecular flexibility index (Phi) is 5.15. The van der Waals surface area contributed by atoms with E-state index in [0.717, 1.165) is 38.8 Å². The second kappa shape index (κ2) is 7.76. The van der Waals surface area contributed by atoms with E-state index in [-0.39, 0.29) is 17.0 Å². The van der Waals surface area contributed by atoms with E-state index in [2.05, 4.69) is 23.6 Å². The molecule has 1 N–H and O–H groups in total. The molecule has 1 aromatic carbocycles. The van der Waals surface area contributed by atoms with Crippen LogP contribution in [0.1, 0.15) is 55.9 Å². The first-order valence-electron chi connectivity index (χ1n) is 11.5. The van der Waals surface area contributed by atoms with Crippen LogP contribution in [0, 0.1) is 11.7 Å². The minimum absolute atomic E-state index is 0.0651. The molecule has 3 aliphatic rings. The fourth-order valence-electron chi connectivity index (χ4n) is 5.76. The summed E-state index contributed by atoms with van der Waals surface area (Å²) in [6.45, 7) is 6.92. The summed E-state index contributed by atoms with van der Waals surface area (Å²) in [5.41, 5.74) is -0.125. The lowest BCUT2D eigenvalue weighted by Gasteiger charge is -2.39. The van der Waals surface area contributed by atoms with Crippen molar-refractivity contribution in [3.05, 3.63) is 33.9 Å². The molecule has 7 nitrogen and oxygen atoms in total. The van der Waals surface area contributed by atoms with Gasteiger partial charge in [0.15, 0.2) is 11.6 Å². The van der Waals surface area contributed by atoms with E-state index in [1.54, 1.807) is 0 Å². The van der Waals surface area contributed by atoms with Crippen LogP contribution in [0.4, 0.5) is 10.1 Å². The highest BCUT2D eigenvalue weighted by molar-refractivity contribution is 5.97. The van der Waals surface area contributed by atoms with E-state index < -0.39 is 17.2 Å². The van der Waals surface area contributed by atoms with Crippen molar-refractivity contribution in [3.8, 4) is 5.75 Å². The van der Waals surface area contributed by atoms with Crippen LogP contribution >= 0.6 is 0 Å². The molecule has 0 amide bonds. The zero-order valence-corrected chi connectivity index (χ0v) is 18.8. The summed E-state index contributed by atoms with van der Waals surface area (Å²) in [5.74, 6) is -1.04. The number of benzene rings is 1. The highest BCUT2D eigenvalue weighted by Gasteiger charge is 2.42. The number of aromatic carboxylic acids is 1. The van der Waals surface area contributed by atoms with Gasteiger partial charge in [-0.2, -0.15) is 0 Å². The Hall–Kier alpha value is -2.61. The van der Waals surface area contributed by atoms with Crippen LogP contribution in [0.3, 0.4) is 0 Å². The molecule has 0 spiro atoms. The van der Waals surface area contributed by atoms with Gasteiger partial charge in [0.2, 0.25) is 5.43 Å². The van der Waals surface area contributed by atoms with E-state index in [9.17, 15) is 14.7 Å². The van der Waals surface area contributed by atoms with Gasteiger partial charge in [0, 0.05) is 37.4 Å². The Balaban J connectivity index is 1.67. The molecule has 2 unspecified atom stereocenters. The van der Waals surface area contributed by atoms with E-state index in [0.29, 0.717) is 41.5 Å². The Bertz CT molecular complexity index is 1140. The first-order valence-corrected chi connectivity index (χ1v) is 11.5. The number of methoxy groups -OCH3 is 1. The Morgan fingerprint density at radius 1 is 1.25 bits per heavy atom. The van der Waals surface area contributed by atoms with Crippen molar-refractivity contribution >= 4 is 22.6 Å². The fraction of sp³-hybridized carbons (Fsp3) is 0.583. The number of rotatable bonds is 5. The lowest BCUT2D eigenvalue weighted by molar-refractivity contribution is 0.0694. The molecule has 0 bridgehead atoms. The number of ether oxygens (including phenoxy) is 1. The first-order chi connectivity index (χ1) is 15.3. The van der Waals surface area contributed by atoms with Crippen molar-refractivity contribution < 1.29 is 19.0 Å². The third-order valence-corrected chi connectivity index (χ3v) is 7.38. The number of carbonyl (C=O) groups is 1. The molecular weight excluding hydrogens is 413 g/mol. The number of piperidine rings is 1. The molecule has 2 aliphatic heterocycles. The number of carboxylic acids is 1. The summed E-state index contributed by atoms with van der Waals surface area (Å²) in [6.07, 6.45) is 5.45. The van der Waals surface area contributed by atoms with Gasteiger partial charge in [-0.05, 0) is 58.1 Å². The SMILES string of the molecule is COc1c(N2CC3CCCN(C(C)C)C3C2)c(F)cc2c(=O)c(C(=O)O)cn(C3CC3)c12. The molecule has 8 heteroatoms. The molecule has 5 rings (SSSR count). The molecule has 1 aliphatic carbocycles. The smallest absolute Gasteiger partial charge is 0.341 e. The molecule has 3 fully saturated rings. The maximum Gasteiger partial charge on any atom is 0.341 e. The highest BCUT2D eigenvalue weighted by atomic mass is 19.1. The van der Waals surface area contributed by atoms with Crippen molar-refractivity contribution in [2.24, 2.45) is 5.92 Å². The van der Waals surface area contributed by atoms with Gasteiger partial charge < -0.3 is 19.3 Å². The summed E-state index contributed by atoms with van der Waals surface area (Å²) < 4.78 is 23.1. The molecule has 1 saturated carbocycles. The van der Waals surface area contributed by atoms with Crippen LogP contribution in [-0.2, 0) is 0 Å². The van der Waals surface area contributed by atoms with Crippen molar-refractivity contribution in [1.29, 1.82) is 0 Å². The number of hydrogen-bond donors (Lipinski definition) is 1. The number of fused-ring (bicyclic) bond motifs is 2. The number of nitrogens with zero attached hydrogens (tertiary/aromatic N) is 3. The number of halogens is 1. The van der Waals surface area contributed by atoms with Gasteiger partial charge in [-0.15, -0.1) is 0 Å². The summed E-state index contributed by atoms with van der Waals surface area (Å²) in [4.78, 5) is 29.1. The van der Waals surface area contributed by atoms with Gasteiger partial charge in [-0.1, -0.05) is 0 Å². The number of anilines is 1. The summed E-state index contributed by atoms with van der Waals surface area (Å²) in [6, 6.07) is 2.10. The molecule has 32 heavy (non-hydrogen) atoms. The normalized spacial score (nSPS) is 23.7. The molecule has 172 valence electrons. The van der Waals surface area contributed by atoms with Gasteiger partial charge >= 0.3 is 5.97 Å². The lowest BCUT2D eigenvalue weighted by atomic mass is 9.91. The van der Waals surface area contributed by atoms with Crippen LogP contribution in [0.25, 0.3) is 10.9 Å². The molecular formula is C24H30FN3O4. The molecule has 2 atom stereocenters. The topological polar surface area (TPSA) is 75.0 Å². The van der Waals surface area contributed by atoms with Gasteiger partial charge in [0.25, 0.3) is 0 Å². The Morgan fingerprint density at radius 2 is 2.00 bits per heavy atom. The van der Waals surface area contributed by atoms with Crippen LogP contribution in [0.15, 0.2) is 17.1 Å². The second-order valence-electron chi connectivity index (χ2n) is 9.66. The van der Waals surface area contributed by atoms with E-state index in [1.165, 1.54) is 19.4 Å². The van der Waals surface area contributed by atoms with Crippen LogP contribution in [0.2, 0.25) is 0 Å². The summed E-state index contributed by atoms with van der Waals surface area (Å²) in [7, 11) is 1.49. The standard InChI is InChI=1S/C24H30FN3O4/c1-13(2)27-8-4-5-14-10-26(12-19(14)27)21-18(25)9-16-20(23(21)32-3)28(15-6-7-15)11-17(22(16)29)24(30)31/h9,11,13-15,19H,4-8,10,12H2,1-3H3,(H,30,31). The van der Waals surface area contributed by atoms with Crippen molar-refractivity contribution in [1.82, 2.24) is 9.47 Å². The lowest BCUT2D eigenvalue weighted by Crippen LogP contribution is -2.48. The van der Waals surface area contributed by atoms with Gasteiger partial charge in [0.1, 0.15) is 11.3 Å². The van der Waals surface area contributed by atoms with Crippen LogP contribution < -0.4 is 15.1 Å². The minimum Gasteiger partial charge on any atom is -0.492 e. The number of pyridine rings is 1. The predicted molar refractivity (Wildman–Crippen MR) is 121 cm³/mol. The number of hydrogen-bond acceptors (Lipinski definition) is 5. The van der Waals surface area contributed by atoms with Crippen molar-refractivity contribution in [3.63, 3.8) is 0 Å². The zero-order chi connectivity index (χ0) is 22.7. The summed E-state index contributed by atoms with van der Waals surface area (Å²) in [5, 5.41) is 9.58. The monoisotopic (exact) mass is 443 g/mol. The third kappa shape index (κ3) is 3.27. The zero-order valence-electron chi connectivity index (χ0n) is 18.8. The molecule has 0 radical (unpaired) electrons. The summed E-state index contributed by atoms with van der Waals surface area (Å²) >= 11 is 0. The van der Waals surface area contributed by atoms with Crippen molar-refractivity contribution in [2.45, 2.75) is 57.7 Å². The maximum atomic E-state index is 15.6. The van der Waals surface area contributed by atoms with Crippen LogP contribution in [0.5, 0.6) is 5.75 Å². The number of carboxylic acid groups (broad SMARTS) is 1. The van der Waals surface area contributed by atoms with E-state index in [4.69, 9.17) is 4.74 Å². The minimum atomic E-state index is -1.30. The van der Waals surface area contributed by atoms with E-state index in [1.807, 2.05) is 4.57 Å². The highest BCUT2D eigenvalue weighted by Crippen LogP contribution is 2.45. The predicted octanol–water partition coefficient (Wildman–Crippen LogP) is 3.49. The van der Waals surface area contributed by atoms with Gasteiger partial charge in [-0.25, -0.2) is 9.18 Å². The average molecular weight is 444 g/mol. The molecule has 1 aromatic heterocycles. The van der Waals surface area contributed by atoms with Crippen molar-refractivity contribution in [2.75, 3.05) is 31.6 Å². The van der Waals surface area contributed by atoms with Crippen LogP contribution in [-0.4, -0.2) is 59.4 Å². The van der Waals surface area contributed by atoms with E-state index >= 15 is 4.39 Å². The number of aromatic nitrogens is 1. The number of likely N-dealkylation sites (tertiary alicyclic amines) is 1. The quantitative estimate of drug-likeness (QED) is 0.763. The largest absolute Gasteiger partial charge is 0.492 e. The Labute approximate surface area is 186 Å². The fourth-order valence-corrected chi connectivity index (χ4v) is 5.76. The van der Waals surface area contributed by atoms with Gasteiger partial charge in [-0.3, -0.25) is 9.69 Å². The molecule has 2 saturated heterocycles. The second-order valence-corrected chi connectivity index (χ2v) is 9.66. The van der Waals surface area contributed by atoms with Gasteiger partial charge in [0.05, 0.1) is 18.0 Å². The molecule has 2 aromatic rings. The average Bonchev–Trinajstić information content (AvgIpc) is 3.50.